The van der Waals surface area contributed by atoms with E-state index in [2.05, 4.69) is 23.1 Å². The number of imidazole rings is 1. The fraction of sp³-hybridized carbons (Fsp3) is 0.375. The van der Waals surface area contributed by atoms with Crippen LogP contribution in [0.25, 0.3) is 17.1 Å². The molecule has 2 heterocycles. The molecule has 0 amide bonds. The highest BCUT2D eigenvalue weighted by Gasteiger charge is 2.16. The monoisotopic (exact) mass is 423 g/mol. The second-order valence-corrected chi connectivity index (χ2v) is 7.92. The van der Waals surface area contributed by atoms with Gasteiger partial charge in [-0.2, -0.15) is 0 Å². The van der Waals surface area contributed by atoms with Gasteiger partial charge >= 0.3 is 5.69 Å². The van der Waals surface area contributed by atoms with E-state index in [1.54, 1.807) is 30.4 Å². The molecule has 0 N–H and O–H groups in total. The Bertz CT molecular complexity index is 1180. The van der Waals surface area contributed by atoms with E-state index in [0.29, 0.717) is 13.2 Å². The average Bonchev–Trinajstić information content (AvgIpc) is 3.00. The van der Waals surface area contributed by atoms with Gasteiger partial charge in [0.05, 0.1) is 24.8 Å². The largest absolute Gasteiger partial charge is 0.497 e. The predicted molar refractivity (Wildman–Crippen MR) is 122 cm³/mol. The third-order valence-electron chi connectivity index (χ3n) is 5.77. The molecule has 7 heteroatoms. The number of rotatable bonds is 8. The maximum atomic E-state index is 12.2. The first-order valence-corrected chi connectivity index (χ1v) is 10.4. The van der Waals surface area contributed by atoms with E-state index in [4.69, 9.17) is 14.2 Å². The molecule has 3 aromatic rings. The smallest absolute Gasteiger partial charge is 0.328 e. The van der Waals surface area contributed by atoms with Gasteiger partial charge in [0.1, 0.15) is 18.1 Å². The number of hydrogen-bond acceptors (Lipinski definition) is 5. The van der Waals surface area contributed by atoms with Crippen molar-refractivity contribution in [2.24, 2.45) is 14.1 Å². The summed E-state index contributed by atoms with van der Waals surface area (Å²) in [5.41, 5.74) is 5.31. The number of hydrogen-bond donors (Lipinski definition) is 0. The van der Waals surface area contributed by atoms with Gasteiger partial charge in [-0.15, -0.1) is 0 Å². The molecule has 2 aromatic carbocycles. The van der Waals surface area contributed by atoms with Gasteiger partial charge in [-0.1, -0.05) is 6.07 Å². The van der Waals surface area contributed by atoms with Crippen LogP contribution in [0.1, 0.15) is 11.1 Å². The number of aromatic nitrogens is 2. The summed E-state index contributed by atoms with van der Waals surface area (Å²) >= 11 is 0. The van der Waals surface area contributed by atoms with Crippen LogP contribution in [0.4, 0.5) is 0 Å². The number of fused-ring (bicyclic) bond motifs is 2. The molecule has 4 rings (SSSR count). The molecular weight excluding hydrogens is 394 g/mol. The topological polar surface area (TPSA) is 57.9 Å². The summed E-state index contributed by atoms with van der Waals surface area (Å²) in [5.74, 6) is 1.64. The molecule has 0 radical (unpaired) electrons. The zero-order valence-corrected chi connectivity index (χ0v) is 18.6. The van der Waals surface area contributed by atoms with Crippen LogP contribution < -0.4 is 15.2 Å². The molecule has 7 nitrogen and oxygen atoms in total. The summed E-state index contributed by atoms with van der Waals surface area (Å²) in [6.07, 6.45) is 2.20. The van der Waals surface area contributed by atoms with Gasteiger partial charge in [-0.3, -0.25) is 14.0 Å². The zero-order valence-electron chi connectivity index (χ0n) is 18.6. The standard InChI is InChI=1S/C24H29N3O4/c1-25-21-8-5-17(12-22(21)26(2)24(25)28)14-27(9-10-29-3)15-18-11-19-6-7-20(30-4)13-23(19)31-16-18/h5-8,11-13H,9-10,14-16H2,1-4H3. The Labute approximate surface area is 182 Å². The normalized spacial score (nSPS) is 13.3. The maximum Gasteiger partial charge on any atom is 0.328 e. The summed E-state index contributed by atoms with van der Waals surface area (Å²) in [5, 5.41) is 0. The lowest BCUT2D eigenvalue weighted by molar-refractivity contribution is 0.147. The molecule has 0 unspecified atom stereocenters. The maximum absolute atomic E-state index is 12.2. The quantitative estimate of drug-likeness (QED) is 0.558. The van der Waals surface area contributed by atoms with Gasteiger partial charge in [0.25, 0.3) is 0 Å². The summed E-state index contributed by atoms with van der Waals surface area (Å²) in [7, 11) is 6.99. The number of aryl methyl sites for hydroxylation is 2. The highest BCUT2D eigenvalue weighted by molar-refractivity contribution is 5.76. The molecular formula is C24H29N3O4. The van der Waals surface area contributed by atoms with Crippen LogP contribution in [-0.4, -0.2) is 54.6 Å². The summed E-state index contributed by atoms with van der Waals surface area (Å²) in [4.78, 5) is 14.6. The molecule has 0 fully saturated rings. The van der Waals surface area contributed by atoms with Crippen LogP contribution in [0.2, 0.25) is 0 Å². The van der Waals surface area contributed by atoms with E-state index < -0.39 is 0 Å². The van der Waals surface area contributed by atoms with Crippen LogP contribution >= 0.6 is 0 Å². The van der Waals surface area contributed by atoms with E-state index >= 15 is 0 Å². The Morgan fingerprint density at radius 3 is 2.61 bits per heavy atom. The van der Waals surface area contributed by atoms with Crippen molar-refractivity contribution in [3.05, 3.63) is 63.6 Å². The first kappa shape index (κ1) is 21.2. The zero-order chi connectivity index (χ0) is 22.0. The second-order valence-electron chi connectivity index (χ2n) is 7.92. The minimum absolute atomic E-state index is 0.0109. The van der Waals surface area contributed by atoms with Crippen LogP contribution in [0.3, 0.4) is 0 Å². The third-order valence-corrected chi connectivity index (χ3v) is 5.77. The first-order chi connectivity index (χ1) is 15.0. The minimum atomic E-state index is -0.0109. The number of nitrogens with zero attached hydrogens (tertiary/aromatic N) is 3. The molecule has 1 aromatic heterocycles. The van der Waals surface area contributed by atoms with Gasteiger partial charge < -0.3 is 14.2 Å². The average molecular weight is 424 g/mol. The molecule has 31 heavy (non-hydrogen) atoms. The van der Waals surface area contributed by atoms with Crippen molar-refractivity contribution in [1.82, 2.24) is 14.0 Å². The summed E-state index contributed by atoms with van der Waals surface area (Å²) in [6.45, 7) is 3.54. The van der Waals surface area contributed by atoms with E-state index in [0.717, 1.165) is 53.3 Å². The van der Waals surface area contributed by atoms with Crippen molar-refractivity contribution in [3.8, 4) is 11.5 Å². The Kier molecular flexibility index (Phi) is 6.15. The minimum Gasteiger partial charge on any atom is -0.497 e. The van der Waals surface area contributed by atoms with Gasteiger partial charge in [-0.25, -0.2) is 4.79 Å². The van der Waals surface area contributed by atoms with Crippen LogP contribution in [0.15, 0.2) is 46.8 Å². The molecule has 0 atom stereocenters. The summed E-state index contributed by atoms with van der Waals surface area (Å²) < 4.78 is 20.0. The third kappa shape index (κ3) is 4.38. The van der Waals surface area contributed by atoms with E-state index in [-0.39, 0.29) is 5.69 Å². The predicted octanol–water partition coefficient (Wildman–Crippen LogP) is 2.81. The lowest BCUT2D eigenvalue weighted by atomic mass is 10.1. The van der Waals surface area contributed by atoms with Crippen molar-refractivity contribution in [2.75, 3.05) is 40.5 Å². The molecule has 1 aliphatic rings. The van der Waals surface area contributed by atoms with Gasteiger partial charge in [0.2, 0.25) is 0 Å². The molecule has 1 aliphatic heterocycles. The molecule has 164 valence electrons. The summed E-state index contributed by atoms with van der Waals surface area (Å²) in [6, 6.07) is 12.1. The van der Waals surface area contributed by atoms with Crippen LogP contribution in [0, 0.1) is 0 Å². The van der Waals surface area contributed by atoms with E-state index in [1.165, 1.54) is 5.57 Å². The van der Waals surface area contributed by atoms with Gasteiger partial charge in [0.15, 0.2) is 0 Å². The SMILES string of the molecule is COCCN(CC1=Cc2ccc(OC)cc2OC1)Cc1ccc2c(c1)n(C)c(=O)n2C. The fourth-order valence-electron chi connectivity index (χ4n) is 4.04. The molecule has 0 saturated heterocycles. The Morgan fingerprint density at radius 2 is 1.84 bits per heavy atom. The van der Waals surface area contributed by atoms with Crippen molar-refractivity contribution in [2.45, 2.75) is 6.54 Å². The first-order valence-electron chi connectivity index (χ1n) is 10.4. The second kappa shape index (κ2) is 8.99. The van der Waals surface area contributed by atoms with E-state index in [9.17, 15) is 4.79 Å². The molecule has 0 aliphatic carbocycles. The highest BCUT2D eigenvalue weighted by atomic mass is 16.5. The number of ether oxygens (including phenoxy) is 3. The fourth-order valence-corrected chi connectivity index (χ4v) is 4.04. The van der Waals surface area contributed by atoms with Crippen molar-refractivity contribution < 1.29 is 14.2 Å². The Hall–Kier alpha value is -3.03. The lowest BCUT2D eigenvalue weighted by Crippen LogP contribution is -2.31. The number of benzene rings is 2. The molecule has 0 saturated carbocycles. The van der Waals surface area contributed by atoms with Crippen molar-refractivity contribution in [1.29, 1.82) is 0 Å². The Morgan fingerprint density at radius 1 is 1.03 bits per heavy atom. The van der Waals surface area contributed by atoms with Crippen molar-refractivity contribution in [3.63, 3.8) is 0 Å². The van der Waals surface area contributed by atoms with Crippen LogP contribution in [0.5, 0.6) is 11.5 Å². The van der Waals surface area contributed by atoms with E-state index in [1.807, 2.05) is 31.3 Å². The Balaban J connectivity index is 1.55. The van der Waals surface area contributed by atoms with Gasteiger partial charge in [-0.05, 0) is 41.5 Å². The molecule has 0 spiro atoms. The number of methoxy groups -OCH3 is 2. The van der Waals surface area contributed by atoms with Gasteiger partial charge in [0, 0.05) is 52.5 Å². The van der Waals surface area contributed by atoms with Crippen LogP contribution in [-0.2, 0) is 25.4 Å². The van der Waals surface area contributed by atoms with Crippen molar-refractivity contribution >= 4 is 17.1 Å². The lowest BCUT2D eigenvalue weighted by Gasteiger charge is -2.26. The molecule has 0 bridgehead atoms. The highest BCUT2D eigenvalue weighted by Crippen LogP contribution is 2.30.